The predicted molar refractivity (Wildman–Crippen MR) is 99.0 cm³/mol. The third kappa shape index (κ3) is 3.30. The Hall–Kier alpha value is -2.23. The molecule has 0 radical (unpaired) electrons. The Morgan fingerprint density at radius 2 is 1.76 bits per heavy atom. The summed E-state index contributed by atoms with van der Waals surface area (Å²) in [7, 11) is 0. The number of rotatable bonds is 2. The number of anilines is 1. The van der Waals surface area contributed by atoms with E-state index in [1.54, 1.807) is 6.20 Å². The van der Waals surface area contributed by atoms with Gasteiger partial charge < -0.3 is 4.90 Å². The van der Waals surface area contributed by atoms with Crippen molar-refractivity contribution in [3.8, 4) is 0 Å². The summed E-state index contributed by atoms with van der Waals surface area (Å²) in [5, 5.41) is 0. The number of nitrogens with zero attached hydrogens (tertiary/aromatic N) is 3. The number of piperidine rings is 1. The molecule has 1 aliphatic carbocycles. The van der Waals surface area contributed by atoms with Gasteiger partial charge >= 0.3 is 0 Å². The van der Waals surface area contributed by atoms with Gasteiger partial charge in [-0.25, -0.2) is 9.97 Å². The van der Waals surface area contributed by atoms with Crippen LogP contribution in [0.3, 0.4) is 0 Å². The first-order valence-electron chi connectivity index (χ1n) is 9.29. The number of carbonyl (C=O) groups is 1. The molecule has 1 fully saturated rings. The molecule has 0 bridgehead atoms. The minimum atomic E-state index is 0.169. The summed E-state index contributed by atoms with van der Waals surface area (Å²) in [6.45, 7) is 6.57. The van der Waals surface area contributed by atoms with E-state index in [4.69, 9.17) is 4.98 Å². The summed E-state index contributed by atoms with van der Waals surface area (Å²) in [6.07, 6.45) is 4.39. The Morgan fingerprint density at radius 1 is 1.04 bits per heavy atom. The molecule has 1 aliphatic heterocycles. The molecular weight excluding hydrogens is 310 g/mol. The van der Waals surface area contributed by atoms with Crippen molar-refractivity contribution in [1.82, 2.24) is 9.97 Å². The molecule has 3 atom stereocenters. The van der Waals surface area contributed by atoms with Crippen LogP contribution in [-0.4, -0.2) is 28.8 Å². The maximum Gasteiger partial charge on any atom is 0.225 e. The van der Waals surface area contributed by atoms with Gasteiger partial charge in [-0.2, -0.15) is 0 Å². The minimum absolute atomic E-state index is 0.169. The molecule has 0 amide bonds. The Balaban J connectivity index is 1.62. The largest absolute Gasteiger partial charge is 0.340 e. The van der Waals surface area contributed by atoms with Crippen molar-refractivity contribution in [2.75, 3.05) is 18.0 Å². The smallest absolute Gasteiger partial charge is 0.225 e. The van der Waals surface area contributed by atoms with E-state index in [9.17, 15) is 4.79 Å². The van der Waals surface area contributed by atoms with E-state index in [0.717, 1.165) is 31.2 Å². The molecule has 4 rings (SSSR count). The van der Waals surface area contributed by atoms with Crippen LogP contribution in [0.5, 0.6) is 0 Å². The van der Waals surface area contributed by atoms with Crippen LogP contribution in [0.25, 0.3) is 0 Å². The van der Waals surface area contributed by atoms with Crippen LogP contribution in [0.1, 0.15) is 54.2 Å². The van der Waals surface area contributed by atoms with E-state index < -0.39 is 0 Å². The Bertz CT molecular complexity index is 764. The van der Waals surface area contributed by atoms with Crippen LogP contribution in [0.4, 0.5) is 5.95 Å². The van der Waals surface area contributed by atoms with Crippen molar-refractivity contribution in [2.24, 2.45) is 11.8 Å². The lowest BCUT2D eigenvalue weighted by molar-refractivity contribution is 0.0962. The molecule has 1 aromatic carbocycles. The number of benzene rings is 1. The summed E-state index contributed by atoms with van der Waals surface area (Å²) < 4.78 is 0. The van der Waals surface area contributed by atoms with Crippen molar-refractivity contribution in [2.45, 2.75) is 39.0 Å². The van der Waals surface area contributed by atoms with Crippen molar-refractivity contribution in [3.05, 3.63) is 53.3 Å². The fourth-order valence-corrected chi connectivity index (χ4v) is 4.37. The number of aromatic nitrogens is 2. The van der Waals surface area contributed by atoms with Crippen LogP contribution in [-0.2, 0) is 6.42 Å². The number of fused-ring (bicyclic) bond motifs is 1. The molecule has 0 N–H and O–H groups in total. The van der Waals surface area contributed by atoms with Crippen LogP contribution in [0.15, 0.2) is 36.5 Å². The second-order valence-electron chi connectivity index (χ2n) is 7.82. The van der Waals surface area contributed by atoms with Gasteiger partial charge in [-0.3, -0.25) is 4.79 Å². The number of hydrogen-bond donors (Lipinski definition) is 0. The standard InChI is InChI=1S/C21H25N3O/c1-14-8-15(2)13-24(12-14)21-22-11-18-19(23-21)9-17(10-20(18)25)16-6-4-3-5-7-16/h3-7,11,14-15,17H,8-10,12-13H2,1-2H3/t14-,15+,17-/m0/s1. The van der Waals surface area contributed by atoms with E-state index in [-0.39, 0.29) is 11.7 Å². The fraction of sp³-hybridized carbons (Fsp3) is 0.476. The van der Waals surface area contributed by atoms with Gasteiger partial charge in [-0.1, -0.05) is 44.2 Å². The molecule has 0 unspecified atom stereocenters. The van der Waals surface area contributed by atoms with Crippen molar-refractivity contribution in [1.29, 1.82) is 0 Å². The summed E-state index contributed by atoms with van der Waals surface area (Å²) >= 11 is 0. The van der Waals surface area contributed by atoms with E-state index in [2.05, 4.69) is 35.9 Å². The third-order valence-electron chi connectivity index (χ3n) is 5.45. The zero-order valence-electron chi connectivity index (χ0n) is 15.0. The molecule has 2 aromatic rings. The van der Waals surface area contributed by atoms with Gasteiger partial charge in [-0.15, -0.1) is 0 Å². The maximum atomic E-state index is 12.6. The Morgan fingerprint density at radius 3 is 2.48 bits per heavy atom. The average molecular weight is 335 g/mol. The van der Waals surface area contributed by atoms with Gasteiger partial charge in [-0.05, 0) is 36.2 Å². The lowest BCUT2D eigenvalue weighted by Crippen LogP contribution is -2.40. The summed E-state index contributed by atoms with van der Waals surface area (Å²) in [5.74, 6) is 2.49. The molecule has 130 valence electrons. The molecule has 25 heavy (non-hydrogen) atoms. The van der Waals surface area contributed by atoms with Crippen molar-refractivity contribution >= 4 is 11.7 Å². The Kier molecular flexibility index (Phi) is 4.28. The normalized spacial score (nSPS) is 26.4. The lowest BCUT2D eigenvalue weighted by atomic mass is 9.82. The minimum Gasteiger partial charge on any atom is -0.340 e. The fourth-order valence-electron chi connectivity index (χ4n) is 4.37. The molecule has 4 nitrogen and oxygen atoms in total. The van der Waals surface area contributed by atoms with E-state index in [1.807, 2.05) is 18.2 Å². The number of carbonyl (C=O) groups excluding carboxylic acids is 1. The number of ketones is 1. The van der Waals surface area contributed by atoms with Crippen molar-refractivity contribution < 1.29 is 4.79 Å². The molecule has 2 heterocycles. The molecule has 1 saturated heterocycles. The average Bonchev–Trinajstić information content (AvgIpc) is 2.61. The number of Topliss-reactive ketones (excluding diaryl/α,β-unsaturated/α-hetero) is 1. The van der Waals surface area contributed by atoms with Gasteiger partial charge in [0.15, 0.2) is 5.78 Å². The third-order valence-corrected chi connectivity index (χ3v) is 5.45. The van der Waals surface area contributed by atoms with Gasteiger partial charge in [0, 0.05) is 25.7 Å². The highest BCUT2D eigenvalue weighted by Crippen LogP contribution is 2.33. The second kappa shape index (κ2) is 6.58. The summed E-state index contributed by atoms with van der Waals surface area (Å²) in [6, 6.07) is 10.3. The maximum absolute atomic E-state index is 12.6. The van der Waals surface area contributed by atoms with Gasteiger partial charge in [0.25, 0.3) is 0 Å². The summed E-state index contributed by atoms with van der Waals surface area (Å²) in [5.41, 5.74) is 2.86. The van der Waals surface area contributed by atoms with Gasteiger partial charge in [0.05, 0.1) is 11.3 Å². The first-order valence-corrected chi connectivity index (χ1v) is 9.29. The van der Waals surface area contributed by atoms with Gasteiger partial charge in [0.2, 0.25) is 5.95 Å². The lowest BCUT2D eigenvalue weighted by Gasteiger charge is -2.35. The van der Waals surface area contributed by atoms with Crippen LogP contribution in [0, 0.1) is 11.8 Å². The zero-order valence-corrected chi connectivity index (χ0v) is 15.0. The molecule has 0 spiro atoms. The molecule has 1 aromatic heterocycles. The zero-order chi connectivity index (χ0) is 17.4. The quantitative estimate of drug-likeness (QED) is 0.836. The molecule has 2 aliphatic rings. The highest BCUT2D eigenvalue weighted by atomic mass is 16.1. The first kappa shape index (κ1) is 16.2. The SMILES string of the molecule is C[C@@H]1C[C@H](C)CN(c2ncc3c(n2)C[C@H](c2ccccc2)CC3=O)C1. The van der Waals surface area contributed by atoms with Crippen LogP contribution >= 0.6 is 0 Å². The molecule has 4 heteroatoms. The number of hydrogen-bond acceptors (Lipinski definition) is 4. The van der Waals surface area contributed by atoms with Crippen molar-refractivity contribution in [3.63, 3.8) is 0 Å². The van der Waals surface area contributed by atoms with Crippen LogP contribution in [0.2, 0.25) is 0 Å². The highest BCUT2D eigenvalue weighted by Gasteiger charge is 2.30. The first-order chi connectivity index (χ1) is 12.1. The highest BCUT2D eigenvalue weighted by molar-refractivity contribution is 5.98. The second-order valence-corrected chi connectivity index (χ2v) is 7.82. The van der Waals surface area contributed by atoms with Crippen LogP contribution < -0.4 is 4.90 Å². The van der Waals surface area contributed by atoms with E-state index in [1.165, 1.54) is 12.0 Å². The van der Waals surface area contributed by atoms with E-state index >= 15 is 0 Å². The topological polar surface area (TPSA) is 46.1 Å². The van der Waals surface area contributed by atoms with Gasteiger partial charge in [0.1, 0.15) is 0 Å². The monoisotopic (exact) mass is 335 g/mol. The predicted octanol–water partition coefficient (Wildman–Crippen LogP) is 3.87. The molecule has 0 saturated carbocycles. The molecular formula is C21H25N3O. The summed E-state index contributed by atoms with van der Waals surface area (Å²) in [4.78, 5) is 24.2. The Labute approximate surface area is 149 Å². The van der Waals surface area contributed by atoms with E-state index in [0.29, 0.717) is 23.8 Å².